The maximum Gasteiger partial charge on any atom is 0.0716 e. The van der Waals surface area contributed by atoms with Crippen LogP contribution in [0.2, 0.25) is 0 Å². The molecule has 12 heavy (non-hydrogen) atoms. The van der Waals surface area contributed by atoms with E-state index in [1.54, 1.807) is 0 Å². The Morgan fingerprint density at radius 3 is 2.42 bits per heavy atom. The predicted molar refractivity (Wildman–Crippen MR) is 49.9 cm³/mol. The Hall–Kier alpha value is -0.120. The van der Waals surface area contributed by atoms with E-state index >= 15 is 0 Å². The Kier molecular flexibility index (Phi) is 3.09. The summed E-state index contributed by atoms with van der Waals surface area (Å²) in [6, 6.07) is 0. The van der Waals surface area contributed by atoms with Crippen molar-refractivity contribution < 1.29 is 5.11 Å². The zero-order chi connectivity index (χ0) is 9.19. The van der Waals surface area contributed by atoms with E-state index < -0.39 is 0 Å². The number of hydrogen-bond acceptors (Lipinski definition) is 3. The zero-order valence-corrected chi connectivity index (χ0v) is 8.08. The molecule has 1 aliphatic rings. The highest BCUT2D eigenvalue weighted by Gasteiger charge is 2.34. The monoisotopic (exact) mass is 172 g/mol. The first-order valence-corrected chi connectivity index (χ1v) is 4.65. The van der Waals surface area contributed by atoms with Crippen LogP contribution >= 0.6 is 0 Å². The quantitative estimate of drug-likeness (QED) is 0.618. The van der Waals surface area contributed by atoms with E-state index in [0.29, 0.717) is 6.54 Å². The molecule has 1 unspecified atom stereocenters. The number of aliphatic hydroxyl groups is 1. The summed E-state index contributed by atoms with van der Waals surface area (Å²) in [4.78, 5) is 2.30. The van der Waals surface area contributed by atoms with Crippen molar-refractivity contribution in [2.45, 2.75) is 25.9 Å². The van der Waals surface area contributed by atoms with Gasteiger partial charge in [0.05, 0.1) is 6.10 Å². The topological polar surface area (TPSA) is 49.5 Å². The third-order valence-corrected chi connectivity index (χ3v) is 3.16. The molecule has 0 amide bonds. The van der Waals surface area contributed by atoms with Gasteiger partial charge < -0.3 is 15.7 Å². The van der Waals surface area contributed by atoms with Gasteiger partial charge in [-0.15, -0.1) is 0 Å². The van der Waals surface area contributed by atoms with Crippen molar-refractivity contribution in [1.82, 2.24) is 4.90 Å². The molecule has 0 aromatic rings. The van der Waals surface area contributed by atoms with Crippen LogP contribution in [0.4, 0.5) is 0 Å². The summed E-state index contributed by atoms with van der Waals surface area (Å²) >= 11 is 0. The van der Waals surface area contributed by atoms with Crippen molar-refractivity contribution in [2.24, 2.45) is 11.1 Å². The fourth-order valence-electron chi connectivity index (χ4n) is 1.75. The molecule has 1 heterocycles. The second kappa shape index (κ2) is 3.73. The van der Waals surface area contributed by atoms with E-state index in [-0.39, 0.29) is 11.5 Å². The average molecular weight is 172 g/mol. The standard InChI is InChI=1S/C9H20N2O/c1-9(8(12)7-10)3-5-11(2)6-4-9/h8,12H,3-7,10H2,1-2H3. The maximum atomic E-state index is 9.68. The van der Waals surface area contributed by atoms with Crippen molar-refractivity contribution >= 4 is 0 Å². The van der Waals surface area contributed by atoms with Gasteiger partial charge in [0, 0.05) is 6.54 Å². The SMILES string of the molecule is CN1CCC(C)(C(O)CN)CC1. The van der Waals surface area contributed by atoms with Crippen molar-refractivity contribution in [3.05, 3.63) is 0 Å². The molecule has 0 bridgehead atoms. The predicted octanol–water partition coefficient (Wildman–Crippen LogP) is 0.0379. The van der Waals surface area contributed by atoms with Crippen LogP contribution in [0.1, 0.15) is 19.8 Å². The van der Waals surface area contributed by atoms with Crippen LogP contribution < -0.4 is 5.73 Å². The molecule has 3 heteroatoms. The van der Waals surface area contributed by atoms with Crippen LogP contribution in [0.25, 0.3) is 0 Å². The lowest BCUT2D eigenvalue weighted by molar-refractivity contribution is -0.000499. The van der Waals surface area contributed by atoms with E-state index in [1.165, 1.54) is 0 Å². The number of rotatable bonds is 2. The van der Waals surface area contributed by atoms with Gasteiger partial charge in [0.1, 0.15) is 0 Å². The molecule has 0 aromatic heterocycles. The Morgan fingerprint density at radius 2 is 2.00 bits per heavy atom. The minimum absolute atomic E-state index is 0.0568. The van der Waals surface area contributed by atoms with Crippen LogP contribution in [-0.4, -0.2) is 42.8 Å². The average Bonchev–Trinajstić information content (AvgIpc) is 2.09. The van der Waals surface area contributed by atoms with Crippen molar-refractivity contribution in [3.8, 4) is 0 Å². The molecule has 3 N–H and O–H groups in total. The summed E-state index contributed by atoms with van der Waals surface area (Å²) in [5.41, 5.74) is 5.52. The van der Waals surface area contributed by atoms with Crippen molar-refractivity contribution in [3.63, 3.8) is 0 Å². The minimum Gasteiger partial charge on any atom is -0.391 e. The normalized spacial score (nSPS) is 27.0. The fourth-order valence-corrected chi connectivity index (χ4v) is 1.75. The smallest absolute Gasteiger partial charge is 0.0716 e. The molecule has 1 fully saturated rings. The molecule has 3 nitrogen and oxygen atoms in total. The number of aliphatic hydroxyl groups excluding tert-OH is 1. The van der Waals surface area contributed by atoms with Gasteiger partial charge in [0.2, 0.25) is 0 Å². The van der Waals surface area contributed by atoms with Crippen LogP contribution in [0.15, 0.2) is 0 Å². The van der Waals surface area contributed by atoms with Crippen molar-refractivity contribution in [2.75, 3.05) is 26.7 Å². The Bertz CT molecular complexity index is 141. The van der Waals surface area contributed by atoms with E-state index in [4.69, 9.17) is 5.73 Å². The summed E-state index contributed by atoms with van der Waals surface area (Å²) in [5, 5.41) is 9.68. The summed E-state index contributed by atoms with van der Waals surface area (Å²) in [6.07, 6.45) is 1.79. The zero-order valence-electron chi connectivity index (χ0n) is 8.08. The fraction of sp³-hybridized carbons (Fsp3) is 1.00. The van der Waals surface area contributed by atoms with Gasteiger partial charge in [0.15, 0.2) is 0 Å². The van der Waals surface area contributed by atoms with E-state index in [0.717, 1.165) is 25.9 Å². The molecule has 0 aliphatic carbocycles. The highest BCUT2D eigenvalue weighted by Crippen LogP contribution is 2.33. The van der Waals surface area contributed by atoms with Gasteiger partial charge in [-0.25, -0.2) is 0 Å². The van der Waals surface area contributed by atoms with Crippen LogP contribution in [-0.2, 0) is 0 Å². The molecule has 0 spiro atoms. The van der Waals surface area contributed by atoms with E-state index in [1.807, 2.05) is 0 Å². The van der Waals surface area contributed by atoms with Gasteiger partial charge >= 0.3 is 0 Å². The third kappa shape index (κ3) is 1.97. The summed E-state index contributed by atoms with van der Waals surface area (Å²) in [5.74, 6) is 0. The molecular formula is C9H20N2O. The molecule has 0 saturated carbocycles. The first kappa shape index (κ1) is 9.96. The summed E-state index contributed by atoms with van der Waals surface area (Å²) in [7, 11) is 2.12. The summed E-state index contributed by atoms with van der Waals surface area (Å²) in [6.45, 7) is 4.68. The Morgan fingerprint density at radius 1 is 1.50 bits per heavy atom. The Labute approximate surface area is 74.5 Å². The lowest BCUT2D eigenvalue weighted by Gasteiger charge is -2.40. The number of nitrogens with zero attached hydrogens (tertiary/aromatic N) is 1. The second-order valence-corrected chi connectivity index (χ2v) is 4.21. The molecule has 0 radical (unpaired) electrons. The van der Waals surface area contributed by atoms with Gasteiger partial charge in [-0.1, -0.05) is 6.92 Å². The van der Waals surface area contributed by atoms with Crippen LogP contribution in [0, 0.1) is 5.41 Å². The molecule has 1 saturated heterocycles. The third-order valence-electron chi connectivity index (χ3n) is 3.16. The number of nitrogens with two attached hydrogens (primary N) is 1. The van der Waals surface area contributed by atoms with E-state index in [2.05, 4.69) is 18.9 Å². The van der Waals surface area contributed by atoms with Gasteiger partial charge in [-0.2, -0.15) is 0 Å². The summed E-state index contributed by atoms with van der Waals surface area (Å²) < 4.78 is 0. The number of piperidine rings is 1. The largest absolute Gasteiger partial charge is 0.391 e. The molecule has 1 atom stereocenters. The molecule has 72 valence electrons. The lowest BCUT2D eigenvalue weighted by atomic mass is 9.76. The minimum atomic E-state index is -0.328. The van der Waals surface area contributed by atoms with Crippen LogP contribution in [0.5, 0.6) is 0 Å². The lowest BCUT2D eigenvalue weighted by Crippen LogP contribution is -2.45. The van der Waals surface area contributed by atoms with Gasteiger partial charge in [0.25, 0.3) is 0 Å². The molecule has 0 aromatic carbocycles. The first-order valence-electron chi connectivity index (χ1n) is 4.65. The van der Waals surface area contributed by atoms with Crippen LogP contribution in [0.3, 0.4) is 0 Å². The van der Waals surface area contributed by atoms with Gasteiger partial charge in [-0.3, -0.25) is 0 Å². The molecule has 1 aliphatic heterocycles. The van der Waals surface area contributed by atoms with Gasteiger partial charge in [-0.05, 0) is 38.4 Å². The first-order chi connectivity index (χ1) is 5.58. The maximum absolute atomic E-state index is 9.68. The van der Waals surface area contributed by atoms with E-state index in [9.17, 15) is 5.11 Å². The number of likely N-dealkylation sites (tertiary alicyclic amines) is 1. The highest BCUT2D eigenvalue weighted by atomic mass is 16.3. The Balaban J connectivity index is 2.49. The number of hydrogen-bond donors (Lipinski definition) is 2. The second-order valence-electron chi connectivity index (χ2n) is 4.21. The van der Waals surface area contributed by atoms with Crippen molar-refractivity contribution in [1.29, 1.82) is 0 Å². The molecular weight excluding hydrogens is 152 g/mol. The highest BCUT2D eigenvalue weighted by molar-refractivity contribution is 4.87. The molecule has 1 rings (SSSR count).